The van der Waals surface area contributed by atoms with Crippen LogP contribution < -0.4 is 0 Å². The number of hydrogen-bond donors (Lipinski definition) is 0. The molecule has 1 aromatic rings. The molecule has 0 amide bonds. The molecule has 0 bridgehead atoms. The van der Waals surface area contributed by atoms with Crippen LogP contribution >= 0.6 is 0 Å². The van der Waals surface area contributed by atoms with E-state index in [1.54, 1.807) is 0 Å². The van der Waals surface area contributed by atoms with Crippen LogP contribution in [0.15, 0.2) is 4.42 Å². The van der Waals surface area contributed by atoms with Gasteiger partial charge < -0.3 is 4.42 Å². The van der Waals surface area contributed by atoms with Gasteiger partial charge in [-0.3, -0.25) is 0 Å². The molecular weight excluding hydrogens is 237 g/mol. The number of hydrogen-bond acceptors (Lipinski definition) is 1. The summed E-state index contributed by atoms with van der Waals surface area (Å²) in [5, 5.41) is 0. The summed E-state index contributed by atoms with van der Waals surface area (Å²) in [4.78, 5) is 0. The third-order valence-corrected chi connectivity index (χ3v) is 1.94. The Labute approximate surface area is 106 Å². The van der Waals surface area contributed by atoms with Gasteiger partial charge >= 0.3 is 0 Å². The van der Waals surface area contributed by atoms with E-state index in [0.717, 1.165) is 11.5 Å². The molecule has 2 heteroatoms. The predicted octanol–water partition coefficient (Wildman–Crippen LogP) is 3.63. The Balaban J connectivity index is 0.00000144. The van der Waals surface area contributed by atoms with Crippen LogP contribution in [0.4, 0.5) is 0 Å². The molecule has 71 valence electrons. The zero-order chi connectivity index (χ0) is 9.30. The molecule has 1 aromatic heterocycles. The summed E-state index contributed by atoms with van der Waals surface area (Å²) in [5.41, 5.74) is 1.24. The van der Waals surface area contributed by atoms with E-state index >= 15 is 0 Å². The number of aryl methyl sites for hydroxylation is 1. The van der Waals surface area contributed by atoms with Crippen LogP contribution in [0.3, 0.4) is 0 Å². The fourth-order valence-corrected chi connectivity index (χ4v) is 1.35. The quantitative estimate of drug-likeness (QED) is 0.734. The van der Waals surface area contributed by atoms with Crippen LogP contribution in [0, 0.1) is 13.0 Å². The minimum Gasteiger partial charge on any atom is -0.570 e. The summed E-state index contributed by atoms with van der Waals surface area (Å²) < 4.78 is 5.58. The van der Waals surface area contributed by atoms with E-state index in [1.165, 1.54) is 5.56 Å². The molecule has 0 spiro atoms. The molecule has 0 aliphatic heterocycles. The second-order valence-corrected chi connectivity index (χ2v) is 3.87. The summed E-state index contributed by atoms with van der Waals surface area (Å²) in [7, 11) is 0. The van der Waals surface area contributed by atoms with Gasteiger partial charge in [-0.25, -0.2) is 6.07 Å². The van der Waals surface area contributed by atoms with Gasteiger partial charge in [0.2, 0.25) is 0 Å². The second-order valence-electron chi connectivity index (χ2n) is 3.87. The molecule has 0 N–H and O–H groups in total. The fourth-order valence-electron chi connectivity index (χ4n) is 1.35. The first-order chi connectivity index (χ1) is 5.52. The Bertz CT molecular complexity index is 236. The van der Waals surface area contributed by atoms with Crippen LogP contribution in [0.2, 0.25) is 0 Å². The van der Waals surface area contributed by atoms with E-state index in [4.69, 9.17) is 4.42 Å². The van der Waals surface area contributed by atoms with Gasteiger partial charge in [-0.2, -0.15) is 5.56 Å². The Morgan fingerprint density at radius 1 is 1.08 bits per heavy atom. The molecule has 0 aliphatic carbocycles. The first-order valence-corrected chi connectivity index (χ1v) is 4.54. The van der Waals surface area contributed by atoms with E-state index in [0.29, 0.717) is 11.8 Å². The van der Waals surface area contributed by atoms with Gasteiger partial charge in [0.05, 0.1) is 0 Å². The molecular formula is C11H17OY-. The molecule has 0 aliphatic rings. The minimum atomic E-state index is 0. The zero-order valence-corrected chi connectivity index (χ0v) is 12.0. The maximum Gasteiger partial charge on any atom is 0 e. The number of furan rings is 1. The van der Waals surface area contributed by atoms with Gasteiger partial charge in [0.15, 0.2) is 0 Å². The second kappa shape index (κ2) is 5.31. The van der Waals surface area contributed by atoms with Crippen molar-refractivity contribution in [2.45, 2.75) is 46.5 Å². The van der Waals surface area contributed by atoms with Gasteiger partial charge in [-0.1, -0.05) is 39.5 Å². The van der Waals surface area contributed by atoms with Crippen molar-refractivity contribution in [1.82, 2.24) is 0 Å². The Morgan fingerprint density at radius 2 is 1.62 bits per heavy atom. The van der Waals surface area contributed by atoms with Crippen molar-refractivity contribution < 1.29 is 37.1 Å². The summed E-state index contributed by atoms with van der Waals surface area (Å²) in [6.07, 6.45) is 0. The molecule has 0 saturated heterocycles. The van der Waals surface area contributed by atoms with Gasteiger partial charge in [0.25, 0.3) is 0 Å². The van der Waals surface area contributed by atoms with Crippen LogP contribution in [-0.4, -0.2) is 0 Å². The van der Waals surface area contributed by atoms with E-state index in [9.17, 15) is 0 Å². The third kappa shape index (κ3) is 3.21. The zero-order valence-electron chi connectivity index (χ0n) is 9.14. The van der Waals surface area contributed by atoms with E-state index in [1.807, 2.05) is 6.92 Å². The van der Waals surface area contributed by atoms with Crippen molar-refractivity contribution in [3.63, 3.8) is 0 Å². The smallest absolute Gasteiger partial charge is 0 e. The largest absolute Gasteiger partial charge is 0.570 e. The minimum absolute atomic E-state index is 0. The van der Waals surface area contributed by atoms with Gasteiger partial charge in [-0.15, -0.1) is 0 Å². The van der Waals surface area contributed by atoms with Crippen LogP contribution in [0.25, 0.3) is 0 Å². The predicted molar refractivity (Wildman–Crippen MR) is 50.5 cm³/mol. The third-order valence-electron chi connectivity index (χ3n) is 1.94. The normalized spacial score (nSPS) is 10.7. The fraction of sp³-hybridized carbons (Fsp3) is 0.636. The van der Waals surface area contributed by atoms with E-state index in [2.05, 4.69) is 33.8 Å². The maximum atomic E-state index is 5.58. The molecule has 0 aromatic carbocycles. The molecule has 13 heavy (non-hydrogen) atoms. The van der Waals surface area contributed by atoms with Gasteiger partial charge in [0, 0.05) is 32.7 Å². The molecule has 0 fully saturated rings. The summed E-state index contributed by atoms with van der Waals surface area (Å²) in [6, 6.07) is 3.26. The molecule has 0 unspecified atom stereocenters. The van der Waals surface area contributed by atoms with Crippen LogP contribution in [-0.2, 0) is 32.7 Å². The van der Waals surface area contributed by atoms with Crippen molar-refractivity contribution in [2.24, 2.45) is 0 Å². The summed E-state index contributed by atoms with van der Waals surface area (Å²) in [5.74, 6) is 2.98. The summed E-state index contributed by atoms with van der Waals surface area (Å²) >= 11 is 0. The van der Waals surface area contributed by atoms with Gasteiger partial charge in [-0.05, 0) is 18.4 Å². The molecule has 1 heterocycles. The van der Waals surface area contributed by atoms with Crippen molar-refractivity contribution in [3.8, 4) is 0 Å². The van der Waals surface area contributed by atoms with Crippen molar-refractivity contribution >= 4 is 0 Å². The Morgan fingerprint density at radius 3 is 1.92 bits per heavy atom. The molecule has 0 saturated carbocycles. The first-order valence-electron chi connectivity index (χ1n) is 4.54. The molecule has 1 radical (unpaired) electrons. The van der Waals surface area contributed by atoms with Gasteiger partial charge in [0.1, 0.15) is 0 Å². The maximum absolute atomic E-state index is 5.58. The van der Waals surface area contributed by atoms with Crippen molar-refractivity contribution in [3.05, 3.63) is 23.2 Å². The summed E-state index contributed by atoms with van der Waals surface area (Å²) in [6.45, 7) is 10.6. The molecule has 1 nitrogen and oxygen atoms in total. The molecule has 1 rings (SSSR count). The molecule has 0 atom stereocenters. The van der Waals surface area contributed by atoms with Crippen molar-refractivity contribution in [2.75, 3.05) is 0 Å². The first kappa shape index (κ1) is 13.4. The van der Waals surface area contributed by atoms with Crippen LogP contribution in [0.1, 0.15) is 56.6 Å². The van der Waals surface area contributed by atoms with E-state index in [-0.39, 0.29) is 32.7 Å². The standard InChI is InChI=1S/C11H17O.Y/c1-7(2)10-6-9(5)12-11(10)8(3)4;/h7-8H,1-5H3;/q-1;. The van der Waals surface area contributed by atoms with Crippen molar-refractivity contribution in [1.29, 1.82) is 0 Å². The van der Waals surface area contributed by atoms with Crippen LogP contribution in [0.5, 0.6) is 0 Å². The van der Waals surface area contributed by atoms with E-state index < -0.39 is 0 Å². The Kier molecular flexibility index (Phi) is 5.47. The topological polar surface area (TPSA) is 13.1 Å². The average Bonchev–Trinajstić information content (AvgIpc) is 2.31. The average molecular weight is 254 g/mol. The monoisotopic (exact) mass is 254 g/mol. The number of rotatable bonds is 2. The SMILES string of the molecule is Cc1[c-]c(C(C)C)c(C(C)C)o1.[Y]. The Hall–Kier alpha value is 0.384.